The number of piperidine rings is 1. The molecule has 1 heterocycles. The SMILES string of the molecule is CCOCCN=C(N)N1CCCC(C)C1.I. The summed E-state index contributed by atoms with van der Waals surface area (Å²) in [4.78, 5) is 6.50. The van der Waals surface area contributed by atoms with Crippen molar-refractivity contribution in [3.8, 4) is 0 Å². The maximum absolute atomic E-state index is 5.91. The minimum Gasteiger partial charge on any atom is -0.380 e. The average molecular weight is 341 g/mol. The molecular formula is C11H24IN3O. The van der Waals surface area contributed by atoms with Crippen molar-refractivity contribution >= 4 is 29.9 Å². The maximum Gasteiger partial charge on any atom is 0.191 e. The lowest BCUT2D eigenvalue weighted by Crippen LogP contribution is -2.43. The van der Waals surface area contributed by atoms with E-state index in [4.69, 9.17) is 10.5 Å². The Morgan fingerprint density at radius 3 is 2.94 bits per heavy atom. The number of nitrogens with two attached hydrogens (primary N) is 1. The summed E-state index contributed by atoms with van der Waals surface area (Å²) in [5, 5.41) is 0. The van der Waals surface area contributed by atoms with Crippen molar-refractivity contribution in [3.63, 3.8) is 0 Å². The Bertz CT molecular complexity index is 211. The second-order valence-corrected chi connectivity index (χ2v) is 4.13. The largest absolute Gasteiger partial charge is 0.380 e. The maximum atomic E-state index is 5.91. The lowest BCUT2D eigenvalue weighted by atomic mass is 10.0. The Kier molecular flexibility index (Phi) is 9.02. The Morgan fingerprint density at radius 1 is 1.56 bits per heavy atom. The normalized spacial score (nSPS) is 21.8. The van der Waals surface area contributed by atoms with E-state index in [0.717, 1.165) is 25.6 Å². The van der Waals surface area contributed by atoms with Gasteiger partial charge in [-0.25, -0.2) is 0 Å². The zero-order valence-corrected chi connectivity index (χ0v) is 12.6. The van der Waals surface area contributed by atoms with Crippen molar-refractivity contribution in [1.82, 2.24) is 4.90 Å². The third kappa shape index (κ3) is 5.89. The van der Waals surface area contributed by atoms with Crippen molar-refractivity contribution in [3.05, 3.63) is 0 Å². The van der Waals surface area contributed by atoms with Crippen molar-refractivity contribution in [2.24, 2.45) is 16.6 Å². The summed E-state index contributed by atoms with van der Waals surface area (Å²) in [5.41, 5.74) is 5.91. The smallest absolute Gasteiger partial charge is 0.191 e. The van der Waals surface area contributed by atoms with Gasteiger partial charge < -0.3 is 15.4 Å². The molecule has 0 spiro atoms. The first-order valence-corrected chi connectivity index (χ1v) is 5.86. The van der Waals surface area contributed by atoms with Gasteiger partial charge in [-0.15, -0.1) is 24.0 Å². The highest BCUT2D eigenvalue weighted by atomic mass is 127. The van der Waals surface area contributed by atoms with E-state index in [1.54, 1.807) is 0 Å². The first-order chi connectivity index (χ1) is 7.24. The van der Waals surface area contributed by atoms with Crippen molar-refractivity contribution in [2.45, 2.75) is 26.7 Å². The number of aliphatic imine (C=N–C) groups is 1. The molecule has 16 heavy (non-hydrogen) atoms. The molecule has 1 aliphatic rings. The van der Waals surface area contributed by atoms with Gasteiger partial charge in [-0.1, -0.05) is 6.92 Å². The molecule has 1 fully saturated rings. The second kappa shape index (κ2) is 9.04. The molecule has 0 amide bonds. The van der Waals surface area contributed by atoms with Crippen molar-refractivity contribution in [1.29, 1.82) is 0 Å². The van der Waals surface area contributed by atoms with Crippen LogP contribution in [0.1, 0.15) is 26.7 Å². The molecule has 0 aliphatic carbocycles. The number of hydrogen-bond acceptors (Lipinski definition) is 2. The summed E-state index contributed by atoms with van der Waals surface area (Å²) in [6.45, 7) is 8.43. The van der Waals surface area contributed by atoms with E-state index in [2.05, 4.69) is 16.8 Å². The molecule has 0 bridgehead atoms. The van der Waals surface area contributed by atoms with Gasteiger partial charge in [-0.2, -0.15) is 0 Å². The van der Waals surface area contributed by atoms with E-state index in [-0.39, 0.29) is 24.0 Å². The molecule has 96 valence electrons. The van der Waals surface area contributed by atoms with Crippen LogP contribution in [-0.2, 0) is 4.74 Å². The zero-order chi connectivity index (χ0) is 11.1. The fourth-order valence-electron chi connectivity index (χ4n) is 1.87. The summed E-state index contributed by atoms with van der Waals surface area (Å²) in [7, 11) is 0. The Hall–Kier alpha value is -0.0400. The van der Waals surface area contributed by atoms with Crippen LogP contribution in [0.2, 0.25) is 0 Å². The van der Waals surface area contributed by atoms with Crippen LogP contribution in [0.5, 0.6) is 0 Å². The number of halogens is 1. The highest BCUT2D eigenvalue weighted by Gasteiger charge is 2.17. The molecule has 0 radical (unpaired) electrons. The van der Waals surface area contributed by atoms with Crippen LogP contribution in [-0.4, -0.2) is 43.7 Å². The Labute approximate surface area is 116 Å². The molecule has 4 nitrogen and oxygen atoms in total. The van der Waals surface area contributed by atoms with E-state index in [1.165, 1.54) is 12.8 Å². The van der Waals surface area contributed by atoms with E-state index < -0.39 is 0 Å². The second-order valence-electron chi connectivity index (χ2n) is 4.13. The predicted octanol–water partition coefficient (Wildman–Crippen LogP) is 1.69. The van der Waals surface area contributed by atoms with Gasteiger partial charge in [-0.3, -0.25) is 4.99 Å². The highest BCUT2D eigenvalue weighted by molar-refractivity contribution is 14.0. The first kappa shape index (κ1) is 16.0. The van der Waals surface area contributed by atoms with Gasteiger partial charge >= 0.3 is 0 Å². The van der Waals surface area contributed by atoms with Gasteiger partial charge in [0.15, 0.2) is 5.96 Å². The van der Waals surface area contributed by atoms with Gasteiger partial charge in [0.05, 0.1) is 13.2 Å². The van der Waals surface area contributed by atoms with E-state index in [1.807, 2.05) is 6.92 Å². The fourth-order valence-corrected chi connectivity index (χ4v) is 1.87. The van der Waals surface area contributed by atoms with Crippen LogP contribution in [0.15, 0.2) is 4.99 Å². The van der Waals surface area contributed by atoms with Gasteiger partial charge in [0.2, 0.25) is 0 Å². The number of rotatable bonds is 4. The highest BCUT2D eigenvalue weighted by Crippen LogP contribution is 2.14. The first-order valence-electron chi connectivity index (χ1n) is 5.86. The predicted molar refractivity (Wildman–Crippen MR) is 78.4 cm³/mol. The van der Waals surface area contributed by atoms with Gasteiger partial charge in [0.1, 0.15) is 0 Å². The monoisotopic (exact) mass is 341 g/mol. The molecule has 1 rings (SSSR count). The lowest BCUT2D eigenvalue weighted by Gasteiger charge is -2.31. The summed E-state index contributed by atoms with van der Waals surface area (Å²) >= 11 is 0. The summed E-state index contributed by atoms with van der Waals surface area (Å²) in [6.07, 6.45) is 2.53. The van der Waals surface area contributed by atoms with Crippen LogP contribution < -0.4 is 5.73 Å². The number of guanidine groups is 1. The third-order valence-corrected chi connectivity index (χ3v) is 2.69. The van der Waals surface area contributed by atoms with Crippen LogP contribution in [0.3, 0.4) is 0 Å². The van der Waals surface area contributed by atoms with E-state index in [0.29, 0.717) is 19.1 Å². The Balaban J connectivity index is 0.00000225. The number of ether oxygens (including phenoxy) is 1. The molecule has 0 aromatic carbocycles. The van der Waals surface area contributed by atoms with Crippen molar-refractivity contribution < 1.29 is 4.74 Å². The average Bonchev–Trinajstić information content (AvgIpc) is 2.24. The number of likely N-dealkylation sites (tertiary alicyclic amines) is 1. The molecule has 5 heteroatoms. The molecule has 1 aliphatic heterocycles. The van der Waals surface area contributed by atoms with E-state index >= 15 is 0 Å². The third-order valence-electron chi connectivity index (χ3n) is 2.69. The topological polar surface area (TPSA) is 50.9 Å². The van der Waals surface area contributed by atoms with Crippen LogP contribution in [0.4, 0.5) is 0 Å². The Morgan fingerprint density at radius 2 is 2.31 bits per heavy atom. The molecular weight excluding hydrogens is 317 g/mol. The standard InChI is InChI=1S/C11H23N3O.HI/c1-3-15-8-6-13-11(12)14-7-4-5-10(2)9-14;/h10H,3-9H2,1-2H3,(H2,12,13);1H. The van der Waals surface area contributed by atoms with Crippen LogP contribution in [0, 0.1) is 5.92 Å². The zero-order valence-electron chi connectivity index (χ0n) is 10.3. The molecule has 0 aromatic rings. The van der Waals surface area contributed by atoms with Crippen LogP contribution >= 0.6 is 24.0 Å². The van der Waals surface area contributed by atoms with E-state index in [9.17, 15) is 0 Å². The number of hydrogen-bond donors (Lipinski definition) is 1. The molecule has 1 atom stereocenters. The minimum absolute atomic E-state index is 0. The molecule has 1 saturated heterocycles. The molecule has 2 N–H and O–H groups in total. The number of nitrogens with zero attached hydrogens (tertiary/aromatic N) is 2. The molecule has 0 saturated carbocycles. The molecule has 0 aromatic heterocycles. The summed E-state index contributed by atoms with van der Waals surface area (Å²) in [5.74, 6) is 1.42. The van der Waals surface area contributed by atoms with Gasteiger partial charge in [-0.05, 0) is 25.7 Å². The minimum atomic E-state index is 0. The van der Waals surface area contributed by atoms with Crippen LogP contribution in [0.25, 0.3) is 0 Å². The fraction of sp³-hybridized carbons (Fsp3) is 0.909. The van der Waals surface area contributed by atoms with Gasteiger partial charge in [0.25, 0.3) is 0 Å². The molecule has 1 unspecified atom stereocenters. The quantitative estimate of drug-likeness (QED) is 0.366. The van der Waals surface area contributed by atoms with Gasteiger partial charge in [0, 0.05) is 19.7 Å². The van der Waals surface area contributed by atoms with Crippen molar-refractivity contribution in [2.75, 3.05) is 32.8 Å². The summed E-state index contributed by atoms with van der Waals surface area (Å²) in [6, 6.07) is 0. The lowest BCUT2D eigenvalue weighted by molar-refractivity contribution is 0.155. The summed E-state index contributed by atoms with van der Waals surface area (Å²) < 4.78 is 5.21.